The summed E-state index contributed by atoms with van der Waals surface area (Å²) in [6.07, 6.45) is 7.96. The van der Waals surface area contributed by atoms with E-state index in [1.807, 2.05) is 30.3 Å². The minimum atomic E-state index is 0.131. The van der Waals surface area contributed by atoms with Crippen molar-refractivity contribution in [3.63, 3.8) is 0 Å². The molecule has 1 fully saturated rings. The lowest BCUT2D eigenvalue weighted by Crippen LogP contribution is -2.03. The Balaban J connectivity index is 0.000000211. The first-order valence-corrected chi connectivity index (χ1v) is 8.55. The van der Waals surface area contributed by atoms with E-state index in [1.165, 1.54) is 43.9 Å². The molecule has 0 radical (unpaired) electrons. The molecule has 1 atom stereocenters. The highest BCUT2D eigenvalue weighted by Gasteiger charge is 2.15. The van der Waals surface area contributed by atoms with Crippen molar-refractivity contribution in [2.45, 2.75) is 63.4 Å². The Morgan fingerprint density at radius 3 is 2.57 bits per heavy atom. The van der Waals surface area contributed by atoms with Gasteiger partial charge in [0, 0.05) is 18.2 Å². The summed E-state index contributed by atoms with van der Waals surface area (Å²) in [6.45, 7) is 4.59. The predicted molar refractivity (Wildman–Crippen MR) is 87.2 cm³/mol. The number of thioether (sulfide) groups is 1. The zero-order chi connectivity index (χ0) is 15.3. The predicted octanol–water partition coefficient (Wildman–Crippen LogP) is 5.00. The number of carbonyl (C=O) groups excluding carboxylic acids is 1. The summed E-state index contributed by atoms with van der Waals surface area (Å²) in [5.41, 5.74) is 0. The first kappa shape index (κ1) is 18.2. The highest BCUT2D eigenvalue weighted by atomic mass is 32.2. The highest BCUT2D eigenvalue weighted by molar-refractivity contribution is 8.13. The number of unbranched alkanes of at least 4 members (excludes halogenated alkanes) is 3. The van der Waals surface area contributed by atoms with Gasteiger partial charge in [0.25, 0.3) is 0 Å². The van der Waals surface area contributed by atoms with E-state index >= 15 is 0 Å². The van der Waals surface area contributed by atoms with Gasteiger partial charge in [-0.25, -0.2) is 9.78 Å². The fraction of sp³-hybridized carbons (Fsp3) is 0.588. The van der Waals surface area contributed by atoms with Gasteiger partial charge in [-0.15, -0.1) is 0 Å². The third kappa shape index (κ3) is 9.67. The molecule has 1 saturated heterocycles. The summed E-state index contributed by atoms with van der Waals surface area (Å²) in [4.78, 5) is 21.4. The molecule has 2 rings (SSSR count). The molecule has 118 valence electrons. The number of carbonyl (C=O) groups is 1. The third-order valence-corrected chi connectivity index (χ3v) is 3.91. The van der Waals surface area contributed by atoms with Crippen molar-refractivity contribution in [3.05, 3.63) is 30.3 Å². The Morgan fingerprint density at radius 1 is 1.24 bits per heavy atom. The summed E-state index contributed by atoms with van der Waals surface area (Å²) in [7, 11) is 0. The smallest absolute Gasteiger partial charge is 0.190 e. The molecule has 0 bridgehead atoms. The molecule has 4 heteroatoms. The lowest BCUT2D eigenvalue weighted by molar-refractivity contribution is -0.275. The maximum Gasteiger partial charge on any atom is 0.190 e. The van der Waals surface area contributed by atoms with Crippen LogP contribution in [0.5, 0.6) is 0 Å². The monoisotopic (exact) mass is 310 g/mol. The van der Waals surface area contributed by atoms with Crippen molar-refractivity contribution in [1.82, 2.24) is 0 Å². The SMILES string of the molecule is CC(=O)Sc1ccccc1.CCCCCCC1CCOO1. The Bertz CT molecular complexity index is 375. The number of hydrogen-bond acceptors (Lipinski definition) is 4. The van der Waals surface area contributed by atoms with Crippen molar-refractivity contribution >= 4 is 16.9 Å². The second-order valence-electron chi connectivity index (χ2n) is 5.08. The van der Waals surface area contributed by atoms with Crippen LogP contribution in [0.15, 0.2) is 35.2 Å². The Hall–Kier alpha value is -0.840. The fourth-order valence-electron chi connectivity index (χ4n) is 2.02. The van der Waals surface area contributed by atoms with Gasteiger partial charge in [-0.2, -0.15) is 0 Å². The van der Waals surface area contributed by atoms with Crippen molar-refractivity contribution in [3.8, 4) is 0 Å². The average molecular weight is 310 g/mol. The highest BCUT2D eigenvalue weighted by Crippen LogP contribution is 2.17. The van der Waals surface area contributed by atoms with Crippen LogP contribution in [0, 0.1) is 0 Å². The molecular formula is C17H26O3S. The van der Waals surface area contributed by atoms with Crippen LogP contribution in [0.1, 0.15) is 52.4 Å². The molecular weight excluding hydrogens is 284 g/mol. The van der Waals surface area contributed by atoms with Gasteiger partial charge in [-0.05, 0) is 18.6 Å². The molecule has 0 spiro atoms. The maximum absolute atomic E-state index is 10.6. The maximum atomic E-state index is 10.6. The normalized spacial score (nSPS) is 17.1. The van der Waals surface area contributed by atoms with Gasteiger partial charge in [-0.3, -0.25) is 4.79 Å². The van der Waals surface area contributed by atoms with E-state index in [0.29, 0.717) is 6.10 Å². The average Bonchev–Trinajstić information content (AvgIpc) is 2.98. The molecule has 1 aromatic rings. The molecule has 1 heterocycles. The molecule has 1 aliphatic rings. The van der Waals surface area contributed by atoms with E-state index in [1.54, 1.807) is 6.92 Å². The second kappa shape index (κ2) is 11.8. The minimum absolute atomic E-state index is 0.131. The van der Waals surface area contributed by atoms with Crippen LogP contribution in [0.3, 0.4) is 0 Å². The summed E-state index contributed by atoms with van der Waals surface area (Å²) < 4.78 is 0. The lowest BCUT2D eigenvalue weighted by atomic mass is 10.1. The van der Waals surface area contributed by atoms with Crippen molar-refractivity contribution in [2.24, 2.45) is 0 Å². The minimum Gasteiger partial charge on any atom is -0.287 e. The fourth-order valence-corrected chi connectivity index (χ4v) is 2.64. The van der Waals surface area contributed by atoms with Crippen LogP contribution in [0.2, 0.25) is 0 Å². The molecule has 1 aliphatic heterocycles. The molecule has 0 aromatic heterocycles. The molecule has 1 unspecified atom stereocenters. The molecule has 0 amide bonds. The van der Waals surface area contributed by atoms with Gasteiger partial charge in [0.15, 0.2) is 5.12 Å². The summed E-state index contributed by atoms with van der Waals surface area (Å²) in [5.74, 6) is 0. The molecule has 0 aliphatic carbocycles. The summed E-state index contributed by atoms with van der Waals surface area (Å²) in [5, 5.41) is 0.131. The zero-order valence-electron chi connectivity index (χ0n) is 13.0. The molecule has 0 N–H and O–H groups in total. The Labute approximate surface area is 132 Å². The van der Waals surface area contributed by atoms with Crippen molar-refractivity contribution in [2.75, 3.05) is 6.61 Å². The third-order valence-electron chi connectivity index (χ3n) is 3.11. The van der Waals surface area contributed by atoms with Crippen LogP contribution in [0.4, 0.5) is 0 Å². The zero-order valence-corrected chi connectivity index (χ0v) is 13.9. The molecule has 1 aromatic carbocycles. The first-order valence-electron chi connectivity index (χ1n) is 7.74. The van der Waals surface area contributed by atoms with Crippen LogP contribution in [-0.2, 0) is 14.6 Å². The van der Waals surface area contributed by atoms with E-state index in [-0.39, 0.29) is 5.12 Å². The topological polar surface area (TPSA) is 35.5 Å². The van der Waals surface area contributed by atoms with E-state index in [2.05, 4.69) is 6.92 Å². The Kier molecular flexibility index (Phi) is 10.2. The van der Waals surface area contributed by atoms with Gasteiger partial charge in [-0.1, -0.05) is 62.6 Å². The van der Waals surface area contributed by atoms with Crippen LogP contribution < -0.4 is 0 Å². The van der Waals surface area contributed by atoms with Gasteiger partial charge < -0.3 is 0 Å². The quantitative estimate of drug-likeness (QED) is 0.421. The standard InChI is InChI=1S/C9H18O2.C8H8OS/c1-2-3-4-5-6-9-7-8-10-11-9;1-7(9)10-8-5-3-2-4-6-8/h9H,2-8H2,1H3;2-6H,1H3. The number of benzene rings is 1. The van der Waals surface area contributed by atoms with E-state index < -0.39 is 0 Å². The van der Waals surface area contributed by atoms with Crippen molar-refractivity contribution < 1.29 is 14.6 Å². The Morgan fingerprint density at radius 2 is 2.00 bits per heavy atom. The number of rotatable bonds is 6. The van der Waals surface area contributed by atoms with E-state index in [9.17, 15) is 4.79 Å². The molecule has 0 saturated carbocycles. The first-order chi connectivity index (χ1) is 10.2. The van der Waals surface area contributed by atoms with Gasteiger partial charge in [0.2, 0.25) is 0 Å². The lowest BCUT2D eigenvalue weighted by Gasteiger charge is -2.04. The summed E-state index contributed by atoms with van der Waals surface area (Å²) >= 11 is 1.26. The number of hydrogen-bond donors (Lipinski definition) is 0. The largest absolute Gasteiger partial charge is 0.287 e. The summed E-state index contributed by atoms with van der Waals surface area (Å²) in [6, 6.07) is 9.62. The second-order valence-corrected chi connectivity index (χ2v) is 6.34. The van der Waals surface area contributed by atoms with Gasteiger partial charge in [0.05, 0.1) is 12.7 Å². The van der Waals surface area contributed by atoms with Crippen molar-refractivity contribution in [1.29, 1.82) is 0 Å². The molecule has 21 heavy (non-hydrogen) atoms. The molecule has 3 nitrogen and oxygen atoms in total. The van der Waals surface area contributed by atoms with E-state index in [4.69, 9.17) is 9.78 Å². The van der Waals surface area contributed by atoms with E-state index in [0.717, 1.165) is 17.9 Å². The van der Waals surface area contributed by atoms with Gasteiger partial charge >= 0.3 is 0 Å². The van der Waals surface area contributed by atoms with Gasteiger partial charge in [0.1, 0.15) is 0 Å². The van der Waals surface area contributed by atoms with Crippen LogP contribution in [0.25, 0.3) is 0 Å². The van der Waals surface area contributed by atoms with Crippen LogP contribution in [-0.4, -0.2) is 17.8 Å². The van der Waals surface area contributed by atoms with Crippen LogP contribution >= 0.6 is 11.8 Å².